The van der Waals surface area contributed by atoms with E-state index in [0.717, 1.165) is 18.3 Å². The molecule has 70 valence electrons. The molecule has 13 heavy (non-hydrogen) atoms. The molecule has 0 atom stereocenters. The summed E-state index contributed by atoms with van der Waals surface area (Å²) in [5.41, 5.74) is 2.18. The third-order valence-electron chi connectivity index (χ3n) is 1.80. The first kappa shape index (κ1) is 9.96. The Hall–Kier alpha value is -1.12. The zero-order chi connectivity index (χ0) is 9.36. The van der Waals surface area contributed by atoms with Crippen molar-refractivity contribution in [3.8, 4) is 0 Å². The highest BCUT2D eigenvalue weighted by atomic mass is 16.5. The first-order chi connectivity index (χ1) is 6.43. The Bertz CT molecular complexity index is 244. The molecule has 0 radical (unpaired) electrons. The largest absolute Gasteiger partial charge is 0.636 e. The van der Waals surface area contributed by atoms with Crippen molar-refractivity contribution in [3.05, 3.63) is 47.2 Å². The van der Waals surface area contributed by atoms with Crippen LogP contribution in [0.15, 0.2) is 36.4 Å². The monoisotopic (exact) mass is 177 g/mol. The van der Waals surface area contributed by atoms with Gasteiger partial charge in [-0.25, -0.2) is 0 Å². The van der Waals surface area contributed by atoms with Gasteiger partial charge in [0.25, 0.3) is 0 Å². The van der Waals surface area contributed by atoms with E-state index in [2.05, 4.69) is 24.3 Å². The smallest absolute Gasteiger partial charge is 0.0755 e. The minimum Gasteiger partial charge on any atom is -0.636 e. The minimum atomic E-state index is 0.666. The van der Waals surface area contributed by atoms with E-state index in [1.807, 2.05) is 18.2 Å². The maximum atomic E-state index is 10.0. The van der Waals surface area contributed by atoms with Crippen molar-refractivity contribution in [2.75, 3.05) is 6.54 Å². The molecule has 0 spiro atoms. The number of quaternary nitrogens is 1. The van der Waals surface area contributed by atoms with Crippen LogP contribution in [0.3, 0.4) is 0 Å². The van der Waals surface area contributed by atoms with Crippen LogP contribution >= 0.6 is 0 Å². The van der Waals surface area contributed by atoms with Gasteiger partial charge in [-0.05, 0) is 12.0 Å². The molecule has 0 bridgehead atoms. The topological polar surface area (TPSA) is 39.7 Å². The molecule has 2 heteroatoms. The van der Waals surface area contributed by atoms with Crippen LogP contribution in [0.1, 0.15) is 18.4 Å². The van der Waals surface area contributed by atoms with Crippen molar-refractivity contribution in [1.29, 1.82) is 0 Å². The molecule has 2 N–H and O–H groups in total. The zero-order valence-electron chi connectivity index (χ0n) is 7.65. The number of hydrogen-bond donors (Lipinski definition) is 1. The Morgan fingerprint density at radius 3 is 2.69 bits per heavy atom. The molecule has 0 aliphatic carbocycles. The lowest BCUT2D eigenvalue weighted by atomic mass is 10.2. The molecule has 0 aromatic heterocycles. The molecule has 0 aliphatic heterocycles. The van der Waals surface area contributed by atoms with Crippen LogP contribution in [-0.2, 0) is 0 Å². The SMILES string of the molecule is [O-][NH2+]CCCC=Cc1ccccc1. The maximum Gasteiger partial charge on any atom is 0.0755 e. The Balaban J connectivity index is 2.25. The van der Waals surface area contributed by atoms with Gasteiger partial charge in [0, 0.05) is 6.42 Å². The summed E-state index contributed by atoms with van der Waals surface area (Å²) in [5, 5.41) is 10.0. The van der Waals surface area contributed by atoms with Crippen molar-refractivity contribution in [1.82, 2.24) is 0 Å². The van der Waals surface area contributed by atoms with Crippen LogP contribution in [0, 0.1) is 5.21 Å². The molecule has 0 saturated heterocycles. The third-order valence-corrected chi connectivity index (χ3v) is 1.80. The molecular formula is C11H15NO. The first-order valence-electron chi connectivity index (χ1n) is 4.58. The molecule has 1 rings (SSSR count). The number of hydroxylamine groups is 1. The quantitative estimate of drug-likeness (QED) is 0.538. The van der Waals surface area contributed by atoms with Crippen LogP contribution in [0.25, 0.3) is 6.08 Å². The predicted octanol–water partition coefficient (Wildman–Crippen LogP) is 1.54. The summed E-state index contributed by atoms with van der Waals surface area (Å²) in [5.74, 6) is 0. The summed E-state index contributed by atoms with van der Waals surface area (Å²) >= 11 is 0. The fraction of sp³-hybridized carbons (Fsp3) is 0.273. The van der Waals surface area contributed by atoms with Gasteiger partial charge in [0.2, 0.25) is 0 Å². The summed E-state index contributed by atoms with van der Waals surface area (Å²) in [6.07, 6.45) is 6.13. The summed E-state index contributed by atoms with van der Waals surface area (Å²) in [7, 11) is 0. The van der Waals surface area contributed by atoms with E-state index in [1.165, 1.54) is 5.56 Å². The van der Waals surface area contributed by atoms with Gasteiger partial charge in [-0.1, -0.05) is 42.5 Å². The van der Waals surface area contributed by atoms with E-state index in [4.69, 9.17) is 0 Å². The highest BCUT2D eigenvalue weighted by molar-refractivity contribution is 5.48. The number of unbranched alkanes of at least 4 members (excludes halogenated alkanes) is 1. The summed E-state index contributed by atoms with van der Waals surface area (Å²) in [6.45, 7) is 0.666. The second-order valence-electron chi connectivity index (χ2n) is 2.91. The van der Waals surface area contributed by atoms with Crippen molar-refractivity contribution in [2.45, 2.75) is 12.8 Å². The second kappa shape index (κ2) is 6.40. The standard InChI is InChI=1S/C11H15NO/c13-12-10-6-2-5-9-11-7-3-1-4-8-11/h1,3-5,7-9H,2,6,10,12H2. The van der Waals surface area contributed by atoms with Crippen LogP contribution in [-0.4, -0.2) is 6.54 Å². The number of rotatable bonds is 5. The Morgan fingerprint density at radius 1 is 1.23 bits per heavy atom. The molecule has 2 nitrogen and oxygen atoms in total. The van der Waals surface area contributed by atoms with E-state index in [9.17, 15) is 5.21 Å². The van der Waals surface area contributed by atoms with E-state index in [1.54, 1.807) is 0 Å². The molecule has 0 aliphatic rings. The highest BCUT2D eigenvalue weighted by Crippen LogP contribution is 2.02. The fourth-order valence-corrected chi connectivity index (χ4v) is 1.10. The van der Waals surface area contributed by atoms with Gasteiger partial charge in [-0.3, -0.25) is 0 Å². The minimum absolute atomic E-state index is 0.666. The van der Waals surface area contributed by atoms with E-state index in [0.29, 0.717) is 6.54 Å². The summed E-state index contributed by atoms with van der Waals surface area (Å²) < 4.78 is 0. The zero-order valence-corrected chi connectivity index (χ0v) is 7.65. The first-order valence-corrected chi connectivity index (χ1v) is 4.58. The average Bonchev–Trinajstić information content (AvgIpc) is 2.19. The van der Waals surface area contributed by atoms with Crippen LogP contribution in [0.2, 0.25) is 0 Å². The Labute approximate surface area is 78.9 Å². The predicted molar refractivity (Wildman–Crippen MR) is 54.9 cm³/mol. The highest BCUT2D eigenvalue weighted by Gasteiger charge is 1.83. The fourth-order valence-electron chi connectivity index (χ4n) is 1.10. The number of hydrogen-bond acceptors (Lipinski definition) is 1. The lowest BCUT2D eigenvalue weighted by Crippen LogP contribution is -2.77. The summed E-state index contributed by atoms with van der Waals surface area (Å²) in [4.78, 5) is 0. The second-order valence-corrected chi connectivity index (χ2v) is 2.91. The number of nitrogens with two attached hydrogens (primary N) is 1. The van der Waals surface area contributed by atoms with Gasteiger partial charge in [0.1, 0.15) is 0 Å². The lowest BCUT2D eigenvalue weighted by Gasteiger charge is -1.98. The molecule has 0 heterocycles. The average molecular weight is 177 g/mol. The van der Waals surface area contributed by atoms with Gasteiger partial charge in [-0.15, -0.1) is 0 Å². The molecule has 0 saturated carbocycles. The van der Waals surface area contributed by atoms with Crippen molar-refractivity contribution < 1.29 is 5.48 Å². The number of allylic oxidation sites excluding steroid dienone is 1. The van der Waals surface area contributed by atoms with E-state index < -0.39 is 0 Å². The normalized spacial score (nSPS) is 10.8. The molecule has 0 unspecified atom stereocenters. The molecule has 0 fully saturated rings. The van der Waals surface area contributed by atoms with E-state index in [-0.39, 0.29) is 0 Å². The molecular weight excluding hydrogens is 162 g/mol. The van der Waals surface area contributed by atoms with Gasteiger partial charge in [0.05, 0.1) is 6.54 Å². The Morgan fingerprint density at radius 2 is 2.00 bits per heavy atom. The Kier molecular flexibility index (Phi) is 4.91. The van der Waals surface area contributed by atoms with Gasteiger partial charge in [-0.2, -0.15) is 0 Å². The van der Waals surface area contributed by atoms with Crippen LogP contribution < -0.4 is 5.48 Å². The molecule has 1 aromatic carbocycles. The van der Waals surface area contributed by atoms with Gasteiger partial charge < -0.3 is 10.7 Å². The van der Waals surface area contributed by atoms with Gasteiger partial charge in [0.15, 0.2) is 0 Å². The molecule has 1 aromatic rings. The lowest BCUT2D eigenvalue weighted by molar-refractivity contribution is -0.588. The number of benzene rings is 1. The van der Waals surface area contributed by atoms with Gasteiger partial charge >= 0.3 is 0 Å². The summed E-state index contributed by atoms with van der Waals surface area (Å²) in [6, 6.07) is 10.2. The third kappa shape index (κ3) is 4.45. The van der Waals surface area contributed by atoms with Crippen LogP contribution in [0.5, 0.6) is 0 Å². The van der Waals surface area contributed by atoms with Crippen molar-refractivity contribution in [2.24, 2.45) is 0 Å². The van der Waals surface area contributed by atoms with Crippen molar-refractivity contribution >= 4 is 6.08 Å². The van der Waals surface area contributed by atoms with E-state index >= 15 is 0 Å². The maximum absolute atomic E-state index is 10.0. The van der Waals surface area contributed by atoms with Crippen LogP contribution in [0.4, 0.5) is 0 Å². The molecule has 0 amide bonds. The van der Waals surface area contributed by atoms with Crippen molar-refractivity contribution in [3.63, 3.8) is 0 Å².